The first-order chi connectivity index (χ1) is 16.6. The molecule has 0 radical (unpaired) electrons. The van der Waals surface area contributed by atoms with Crippen LogP contribution in [0.4, 0.5) is 11.4 Å². The van der Waals surface area contributed by atoms with E-state index in [1.54, 1.807) is 46.4 Å². The number of para-hydroxylation sites is 2. The SMILES string of the molecule is C[C@@H]1C[C@@H](N(C(=O)/C=C/c2ccco2)c2ccccc2)c2ccccc2N1C(=O)c1ccco1. The maximum atomic E-state index is 13.6. The van der Waals surface area contributed by atoms with Gasteiger partial charge in [0.05, 0.1) is 18.6 Å². The van der Waals surface area contributed by atoms with Gasteiger partial charge >= 0.3 is 0 Å². The zero-order chi connectivity index (χ0) is 23.5. The number of amides is 2. The molecule has 0 N–H and O–H groups in total. The van der Waals surface area contributed by atoms with Crippen LogP contribution < -0.4 is 9.80 Å². The van der Waals surface area contributed by atoms with Crippen molar-refractivity contribution >= 4 is 29.3 Å². The van der Waals surface area contributed by atoms with Crippen molar-refractivity contribution in [1.82, 2.24) is 0 Å². The topological polar surface area (TPSA) is 66.9 Å². The quantitative estimate of drug-likeness (QED) is 0.343. The van der Waals surface area contributed by atoms with Crippen LogP contribution >= 0.6 is 0 Å². The van der Waals surface area contributed by atoms with Crippen LogP contribution in [-0.2, 0) is 4.79 Å². The fourth-order valence-electron chi connectivity index (χ4n) is 4.52. The van der Waals surface area contributed by atoms with Crippen molar-refractivity contribution in [1.29, 1.82) is 0 Å². The summed E-state index contributed by atoms with van der Waals surface area (Å²) in [5.41, 5.74) is 2.47. The lowest BCUT2D eigenvalue weighted by Gasteiger charge is -2.43. The van der Waals surface area contributed by atoms with Crippen molar-refractivity contribution in [2.75, 3.05) is 9.80 Å². The third-order valence-electron chi connectivity index (χ3n) is 6.03. The third-order valence-corrected chi connectivity index (χ3v) is 6.03. The van der Waals surface area contributed by atoms with Crippen LogP contribution in [0, 0.1) is 0 Å². The Kier molecular flexibility index (Phi) is 5.87. The van der Waals surface area contributed by atoms with Crippen LogP contribution in [0.25, 0.3) is 6.08 Å². The van der Waals surface area contributed by atoms with E-state index < -0.39 is 0 Å². The Bertz CT molecular complexity index is 1290. The molecule has 0 spiro atoms. The highest BCUT2D eigenvalue weighted by atomic mass is 16.3. The Morgan fingerprint density at radius 2 is 1.65 bits per heavy atom. The van der Waals surface area contributed by atoms with Crippen molar-refractivity contribution < 1.29 is 18.4 Å². The van der Waals surface area contributed by atoms with Crippen molar-refractivity contribution in [2.45, 2.75) is 25.4 Å². The van der Waals surface area contributed by atoms with Crippen molar-refractivity contribution in [3.05, 3.63) is 115 Å². The van der Waals surface area contributed by atoms with Gasteiger partial charge in [-0.25, -0.2) is 0 Å². The second-order valence-electron chi connectivity index (χ2n) is 8.20. The van der Waals surface area contributed by atoms with E-state index in [9.17, 15) is 9.59 Å². The van der Waals surface area contributed by atoms with Crippen LogP contribution in [0.3, 0.4) is 0 Å². The summed E-state index contributed by atoms with van der Waals surface area (Å²) >= 11 is 0. The van der Waals surface area contributed by atoms with Gasteiger partial charge < -0.3 is 18.6 Å². The lowest BCUT2D eigenvalue weighted by molar-refractivity contribution is -0.114. The van der Waals surface area contributed by atoms with E-state index in [-0.39, 0.29) is 29.7 Å². The molecule has 2 amide bonds. The largest absolute Gasteiger partial charge is 0.465 e. The average Bonchev–Trinajstić information content (AvgIpc) is 3.58. The van der Waals surface area contributed by atoms with Gasteiger partial charge in [-0.2, -0.15) is 0 Å². The van der Waals surface area contributed by atoms with Gasteiger partial charge in [-0.1, -0.05) is 36.4 Å². The van der Waals surface area contributed by atoms with E-state index >= 15 is 0 Å². The fraction of sp³-hybridized carbons (Fsp3) is 0.143. The molecule has 0 aliphatic carbocycles. The molecule has 0 bridgehead atoms. The zero-order valence-corrected chi connectivity index (χ0v) is 18.7. The molecule has 2 aromatic carbocycles. The molecule has 6 nitrogen and oxygen atoms in total. The van der Waals surface area contributed by atoms with Crippen molar-refractivity contribution in [3.63, 3.8) is 0 Å². The van der Waals surface area contributed by atoms with Crippen LogP contribution in [0.15, 0.2) is 106 Å². The lowest BCUT2D eigenvalue weighted by Crippen LogP contribution is -2.47. The molecule has 0 saturated carbocycles. The maximum Gasteiger partial charge on any atom is 0.294 e. The van der Waals surface area contributed by atoms with Gasteiger partial charge in [0, 0.05) is 23.5 Å². The molecule has 2 aromatic heterocycles. The molecule has 0 saturated heterocycles. The number of anilines is 2. The number of benzene rings is 2. The number of carbonyl (C=O) groups excluding carboxylic acids is 2. The minimum atomic E-state index is -0.261. The van der Waals surface area contributed by atoms with Gasteiger partial charge in [0.15, 0.2) is 5.76 Å². The number of hydrogen-bond acceptors (Lipinski definition) is 4. The summed E-state index contributed by atoms with van der Waals surface area (Å²) in [4.78, 5) is 30.4. The van der Waals surface area contributed by atoms with E-state index in [0.29, 0.717) is 12.2 Å². The number of carbonyl (C=O) groups is 2. The summed E-state index contributed by atoms with van der Waals surface area (Å²) in [7, 11) is 0. The van der Waals surface area contributed by atoms with Crippen LogP contribution in [0.1, 0.15) is 41.3 Å². The molecule has 2 atom stereocenters. The fourth-order valence-corrected chi connectivity index (χ4v) is 4.52. The maximum absolute atomic E-state index is 13.6. The summed E-state index contributed by atoms with van der Waals surface area (Å²) in [6, 6.07) is 23.9. The summed E-state index contributed by atoms with van der Waals surface area (Å²) in [6.45, 7) is 2.00. The monoisotopic (exact) mass is 452 g/mol. The summed E-state index contributed by atoms with van der Waals surface area (Å²) in [5.74, 6) is 0.533. The normalized spacial score (nSPS) is 17.5. The Balaban J connectivity index is 1.56. The summed E-state index contributed by atoms with van der Waals surface area (Å²) in [5, 5.41) is 0. The highest BCUT2D eigenvalue weighted by Gasteiger charge is 2.39. The molecular weight excluding hydrogens is 428 g/mol. The molecule has 1 aliphatic rings. The molecule has 3 heterocycles. The van der Waals surface area contributed by atoms with Crippen LogP contribution in [-0.4, -0.2) is 17.9 Å². The first-order valence-electron chi connectivity index (χ1n) is 11.2. The van der Waals surface area contributed by atoms with Gasteiger partial charge in [-0.05, 0) is 67.4 Å². The van der Waals surface area contributed by atoms with E-state index in [2.05, 4.69) is 0 Å². The molecule has 0 unspecified atom stereocenters. The van der Waals surface area contributed by atoms with E-state index in [1.165, 1.54) is 12.3 Å². The van der Waals surface area contributed by atoms with E-state index in [4.69, 9.17) is 8.83 Å². The molecule has 0 fully saturated rings. The molecule has 1 aliphatic heterocycles. The molecule has 34 heavy (non-hydrogen) atoms. The number of fused-ring (bicyclic) bond motifs is 1. The first kappa shape index (κ1) is 21.5. The molecule has 170 valence electrons. The molecular formula is C28H24N2O4. The van der Waals surface area contributed by atoms with Gasteiger partial charge in [-0.3, -0.25) is 9.59 Å². The third kappa shape index (κ3) is 4.06. The average molecular weight is 453 g/mol. The van der Waals surface area contributed by atoms with E-state index in [0.717, 1.165) is 16.9 Å². The molecule has 6 heteroatoms. The van der Waals surface area contributed by atoms with Crippen LogP contribution in [0.5, 0.6) is 0 Å². The Morgan fingerprint density at radius 3 is 2.38 bits per heavy atom. The van der Waals surface area contributed by atoms with Gasteiger partial charge in [0.2, 0.25) is 0 Å². The first-order valence-corrected chi connectivity index (χ1v) is 11.2. The minimum Gasteiger partial charge on any atom is -0.465 e. The second-order valence-corrected chi connectivity index (χ2v) is 8.20. The van der Waals surface area contributed by atoms with E-state index in [1.807, 2.05) is 61.5 Å². The highest BCUT2D eigenvalue weighted by Crippen LogP contribution is 2.42. The van der Waals surface area contributed by atoms with Crippen molar-refractivity contribution in [2.24, 2.45) is 0 Å². The smallest absolute Gasteiger partial charge is 0.294 e. The van der Waals surface area contributed by atoms with Gasteiger partial charge in [0.25, 0.3) is 11.8 Å². The number of rotatable bonds is 5. The predicted octanol–water partition coefficient (Wildman–Crippen LogP) is 6.10. The standard InChI is InChI=1S/C28H24N2O4/c1-20-19-25(23-12-5-6-13-24(23)29(20)28(32)26-14-8-18-34-26)30(21-9-3-2-4-10-21)27(31)16-15-22-11-7-17-33-22/h2-18,20,25H,19H2,1H3/b16-15+/t20-,25-/m1/s1. The zero-order valence-electron chi connectivity index (χ0n) is 18.7. The summed E-state index contributed by atoms with van der Waals surface area (Å²) < 4.78 is 10.7. The van der Waals surface area contributed by atoms with Crippen LogP contribution in [0.2, 0.25) is 0 Å². The Hall–Kier alpha value is -4.32. The van der Waals surface area contributed by atoms with Gasteiger partial charge in [-0.15, -0.1) is 0 Å². The number of nitrogens with zero attached hydrogens (tertiary/aromatic N) is 2. The summed E-state index contributed by atoms with van der Waals surface area (Å²) in [6.07, 6.45) is 6.84. The highest BCUT2D eigenvalue weighted by molar-refractivity contribution is 6.07. The Morgan fingerprint density at radius 1 is 0.912 bits per heavy atom. The minimum absolute atomic E-state index is 0.162. The molecule has 4 aromatic rings. The van der Waals surface area contributed by atoms with Crippen molar-refractivity contribution in [3.8, 4) is 0 Å². The molecule has 5 rings (SSSR count). The number of hydrogen-bond donors (Lipinski definition) is 0. The second kappa shape index (κ2) is 9.27. The lowest BCUT2D eigenvalue weighted by atomic mass is 9.89. The number of furan rings is 2. The van der Waals surface area contributed by atoms with Gasteiger partial charge in [0.1, 0.15) is 5.76 Å². The predicted molar refractivity (Wildman–Crippen MR) is 130 cm³/mol. The Labute approximate surface area is 197 Å².